The predicted octanol–water partition coefficient (Wildman–Crippen LogP) is 3.17. The lowest BCUT2D eigenvalue weighted by atomic mass is 10.4. The number of rotatable bonds is 3. The van der Waals surface area contributed by atoms with Crippen LogP contribution in [0.1, 0.15) is 11.4 Å². The fourth-order valence-electron chi connectivity index (χ4n) is 0.827. The van der Waals surface area contributed by atoms with Gasteiger partial charge in [0.25, 0.3) is 0 Å². The van der Waals surface area contributed by atoms with Gasteiger partial charge in [-0.25, -0.2) is 9.97 Å². The zero-order valence-corrected chi connectivity index (χ0v) is 9.62. The maximum absolute atomic E-state index is 11.8. The molecule has 0 N–H and O–H groups in total. The fourth-order valence-corrected chi connectivity index (χ4v) is 1.25. The fraction of sp³-hybridized carbons (Fsp3) is 0.500. The largest absolute Gasteiger partial charge is 0.411 e. The van der Waals surface area contributed by atoms with E-state index in [1.165, 1.54) is 0 Å². The molecule has 90 valence electrons. The summed E-state index contributed by atoms with van der Waals surface area (Å²) >= 11 is 11.3. The van der Waals surface area contributed by atoms with Crippen molar-refractivity contribution in [2.24, 2.45) is 0 Å². The van der Waals surface area contributed by atoms with E-state index in [0.29, 0.717) is 5.56 Å². The van der Waals surface area contributed by atoms with Crippen LogP contribution < -0.4 is 0 Å². The molecule has 0 aliphatic rings. The van der Waals surface area contributed by atoms with E-state index in [0.717, 1.165) is 0 Å². The lowest BCUT2D eigenvalue weighted by Gasteiger charge is -2.07. The SMILES string of the molecule is Cc1c(Cl)nc(COCC(F)(F)F)nc1Cl. The summed E-state index contributed by atoms with van der Waals surface area (Å²) in [4.78, 5) is 7.46. The first-order chi connectivity index (χ1) is 7.29. The third-order valence-electron chi connectivity index (χ3n) is 1.57. The maximum atomic E-state index is 11.8. The Morgan fingerprint density at radius 1 is 1.19 bits per heavy atom. The Morgan fingerprint density at radius 2 is 1.69 bits per heavy atom. The standard InChI is InChI=1S/C8H7Cl2F3N2O/c1-4-6(9)14-5(15-7(4)10)2-16-3-8(11,12)13/h2-3H2,1H3. The monoisotopic (exact) mass is 274 g/mol. The average Bonchev–Trinajstić information content (AvgIpc) is 2.12. The summed E-state index contributed by atoms with van der Waals surface area (Å²) in [7, 11) is 0. The first-order valence-electron chi connectivity index (χ1n) is 4.12. The topological polar surface area (TPSA) is 35.0 Å². The highest BCUT2D eigenvalue weighted by Gasteiger charge is 2.27. The highest BCUT2D eigenvalue weighted by molar-refractivity contribution is 6.34. The van der Waals surface area contributed by atoms with Gasteiger partial charge in [0.2, 0.25) is 0 Å². The summed E-state index contributed by atoms with van der Waals surface area (Å²) in [5.41, 5.74) is 0.475. The Bertz CT molecular complexity index is 361. The molecule has 1 heterocycles. The van der Waals surface area contributed by atoms with Crippen molar-refractivity contribution in [3.63, 3.8) is 0 Å². The molecule has 8 heteroatoms. The molecule has 0 bridgehead atoms. The van der Waals surface area contributed by atoms with Crippen molar-refractivity contribution in [2.75, 3.05) is 6.61 Å². The third-order valence-corrected chi connectivity index (χ3v) is 2.31. The molecule has 0 aromatic carbocycles. The molecular weight excluding hydrogens is 268 g/mol. The Kier molecular flexibility index (Phi) is 4.35. The minimum atomic E-state index is -4.38. The normalized spacial score (nSPS) is 11.9. The molecule has 16 heavy (non-hydrogen) atoms. The Hall–Kier alpha value is -0.590. The number of alkyl halides is 3. The molecule has 0 atom stereocenters. The molecule has 0 aliphatic heterocycles. The molecule has 0 radical (unpaired) electrons. The van der Waals surface area contributed by atoms with Gasteiger partial charge in [0, 0.05) is 5.56 Å². The second-order valence-electron chi connectivity index (χ2n) is 2.95. The number of halogens is 5. The quantitative estimate of drug-likeness (QED) is 0.795. The number of hydrogen-bond acceptors (Lipinski definition) is 3. The molecule has 0 amide bonds. The van der Waals surface area contributed by atoms with E-state index < -0.39 is 12.8 Å². The summed E-state index contributed by atoms with van der Waals surface area (Å²) in [5.74, 6) is 0.0184. The molecule has 0 spiro atoms. The molecule has 3 nitrogen and oxygen atoms in total. The van der Waals surface area contributed by atoms with E-state index in [9.17, 15) is 13.2 Å². The van der Waals surface area contributed by atoms with Crippen molar-refractivity contribution in [3.05, 3.63) is 21.7 Å². The third kappa shape index (κ3) is 4.11. The minimum Gasteiger partial charge on any atom is -0.364 e. The van der Waals surface area contributed by atoms with E-state index in [1.807, 2.05) is 0 Å². The van der Waals surface area contributed by atoms with E-state index in [-0.39, 0.29) is 22.7 Å². The van der Waals surface area contributed by atoms with Gasteiger partial charge in [-0.2, -0.15) is 13.2 Å². The van der Waals surface area contributed by atoms with Gasteiger partial charge in [0.1, 0.15) is 23.5 Å². The predicted molar refractivity (Wildman–Crippen MR) is 52.5 cm³/mol. The van der Waals surface area contributed by atoms with E-state index >= 15 is 0 Å². The zero-order chi connectivity index (χ0) is 12.3. The van der Waals surface area contributed by atoms with E-state index in [2.05, 4.69) is 14.7 Å². The van der Waals surface area contributed by atoms with Crippen molar-refractivity contribution in [3.8, 4) is 0 Å². The van der Waals surface area contributed by atoms with Crippen LogP contribution in [0.15, 0.2) is 0 Å². The van der Waals surface area contributed by atoms with Crippen LogP contribution in [0, 0.1) is 6.92 Å². The number of aromatic nitrogens is 2. The van der Waals surface area contributed by atoms with Gasteiger partial charge in [-0.3, -0.25) is 0 Å². The summed E-state index contributed by atoms with van der Waals surface area (Å²) in [6.07, 6.45) is -4.38. The average molecular weight is 275 g/mol. The summed E-state index contributed by atoms with van der Waals surface area (Å²) in [6.45, 7) is -0.149. The van der Waals surface area contributed by atoms with E-state index in [4.69, 9.17) is 23.2 Å². The first-order valence-corrected chi connectivity index (χ1v) is 4.88. The number of nitrogens with zero attached hydrogens (tertiary/aromatic N) is 2. The first kappa shape index (κ1) is 13.5. The molecule has 1 aromatic heterocycles. The van der Waals surface area contributed by atoms with Crippen molar-refractivity contribution in [1.29, 1.82) is 0 Å². The Balaban J connectivity index is 2.62. The molecule has 0 saturated carbocycles. The molecule has 1 rings (SSSR count). The van der Waals surface area contributed by atoms with Crippen molar-refractivity contribution in [2.45, 2.75) is 19.7 Å². The van der Waals surface area contributed by atoms with Crippen LogP contribution >= 0.6 is 23.2 Å². The summed E-state index contributed by atoms with van der Waals surface area (Å²) in [5, 5.41) is 0.205. The summed E-state index contributed by atoms with van der Waals surface area (Å²) in [6, 6.07) is 0. The minimum absolute atomic E-state index is 0.0184. The second-order valence-corrected chi connectivity index (χ2v) is 3.67. The number of ether oxygens (including phenoxy) is 1. The second kappa shape index (κ2) is 5.16. The van der Waals surface area contributed by atoms with Crippen molar-refractivity contribution >= 4 is 23.2 Å². The van der Waals surface area contributed by atoms with Gasteiger partial charge in [-0.15, -0.1) is 0 Å². The van der Waals surface area contributed by atoms with Gasteiger partial charge in [0.15, 0.2) is 5.82 Å². The highest BCUT2D eigenvalue weighted by Crippen LogP contribution is 2.20. The summed E-state index contributed by atoms with van der Waals surface area (Å²) < 4.78 is 39.7. The molecule has 0 aliphatic carbocycles. The maximum Gasteiger partial charge on any atom is 0.411 e. The number of hydrogen-bond donors (Lipinski definition) is 0. The van der Waals surface area contributed by atoms with Crippen LogP contribution in [0.25, 0.3) is 0 Å². The van der Waals surface area contributed by atoms with Crippen molar-refractivity contribution < 1.29 is 17.9 Å². The molecule has 0 unspecified atom stereocenters. The van der Waals surface area contributed by atoms with Gasteiger partial charge >= 0.3 is 6.18 Å². The van der Waals surface area contributed by atoms with Crippen molar-refractivity contribution in [1.82, 2.24) is 9.97 Å². The van der Waals surface area contributed by atoms with Crippen LogP contribution in [-0.2, 0) is 11.3 Å². The van der Waals surface area contributed by atoms with Gasteiger partial charge in [-0.05, 0) is 6.92 Å². The Morgan fingerprint density at radius 3 is 2.12 bits per heavy atom. The molecular formula is C8H7Cl2F3N2O. The van der Waals surface area contributed by atoms with Gasteiger partial charge in [0.05, 0.1) is 0 Å². The zero-order valence-electron chi connectivity index (χ0n) is 8.11. The van der Waals surface area contributed by atoms with E-state index in [1.54, 1.807) is 6.92 Å². The van der Waals surface area contributed by atoms with Crippen LogP contribution in [-0.4, -0.2) is 22.8 Å². The van der Waals surface area contributed by atoms with Gasteiger partial charge < -0.3 is 4.74 Å². The van der Waals surface area contributed by atoms with Crippen LogP contribution in [0.5, 0.6) is 0 Å². The van der Waals surface area contributed by atoms with Gasteiger partial charge in [-0.1, -0.05) is 23.2 Å². The Labute approximate surface area is 99.5 Å². The molecule has 0 fully saturated rings. The van der Waals surface area contributed by atoms with Crippen LogP contribution in [0.4, 0.5) is 13.2 Å². The lowest BCUT2D eigenvalue weighted by molar-refractivity contribution is -0.177. The molecule has 1 aromatic rings. The van der Waals surface area contributed by atoms with Crippen LogP contribution in [0.2, 0.25) is 10.3 Å². The smallest absolute Gasteiger partial charge is 0.364 e. The molecule has 0 saturated heterocycles. The highest BCUT2D eigenvalue weighted by atomic mass is 35.5. The lowest BCUT2D eigenvalue weighted by Crippen LogP contribution is -2.17. The van der Waals surface area contributed by atoms with Crippen LogP contribution in [0.3, 0.4) is 0 Å².